The molecule has 0 aliphatic carbocycles. The summed E-state index contributed by atoms with van der Waals surface area (Å²) < 4.78 is 29.1. The molecule has 1 aromatic rings. The van der Waals surface area contributed by atoms with Crippen LogP contribution in [-0.2, 0) is 23.6 Å². The molecule has 0 spiro atoms. The van der Waals surface area contributed by atoms with Crippen LogP contribution in [0, 0.1) is 0 Å². The third-order valence-corrected chi connectivity index (χ3v) is 4.50. The highest BCUT2D eigenvalue weighted by Crippen LogP contribution is 2.14. The molecule has 0 aliphatic heterocycles. The van der Waals surface area contributed by atoms with E-state index >= 15 is 0 Å². The fourth-order valence-corrected chi connectivity index (χ4v) is 3.40. The quantitative estimate of drug-likeness (QED) is 0.728. The fourth-order valence-electron chi connectivity index (χ4n) is 2.07. The maximum atomic E-state index is 12.3. The highest BCUT2D eigenvalue weighted by Gasteiger charge is 2.20. The minimum atomic E-state index is -3.46. The van der Waals surface area contributed by atoms with E-state index < -0.39 is 10.0 Å². The predicted octanol–water partition coefficient (Wildman–Crippen LogP) is 0.363. The maximum absolute atomic E-state index is 12.3. The number of rotatable bonds is 8. The molecule has 1 aromatic heterocycles. The summed E-state index contributed by atoms with van der Waals surface area (Å²) in [7, 11) is 2.24. The molecule has 0 saturated heterocycles. The van der Waals surface area contributed by atoms with E-state index in [1.165, 1.54) is 0 Å². The Morgan fingerprint density at radius 2 is 2.05 bits per heavy atom. The minimum Gasteiger partial charge on any atom is -0.352 e. The lowest BCUT2D eigenvalue weighted by molar-refractivity contribution is 0.370. The van der Waals surface area contributed by atoms with Crippen molar-refractivity contribution in [3.8, 4) is 0 Å². The first-order chi connectivity index (χ1) is 9.26. The van der Waals surface area contributed by atoms with Crippen molar-refractivity contribution in [1.82, 2.24) is 19.5 Å². The van der Waals surface area contributed by atoms with Gasteiger partial charge in [-0.15, -0.1) is 0 Å². The van der Waals surface area contributed by atoms with Gasteiger partial charge >= 0.3 is 0 Å². The van der Waals surface area contributed by atoms with Crippen molar-refractivity contribution >= 4 is 10.0 Å². The zero-order chi connectivity index (χ0) is 15.3. The number of likely N-dealkylation sites (N-methyl/N-ethyl adjacent to an activating group) is 1. The van der Waals surface area contributed by atoms with Gasteiger partial charge in [0.1, 0.15) is 0 Å². The molecule has 0 aliphatic rings. The monoisotopic (exact) mass is 302 g/mol. The summed E-state index contributed by atoms with van der Waals surface area (Å²) in [5.74, 6) is 0. The third-order valence-electron chi connectivity index (χ3n) is 2.94. The molecule has 1 unspecified atom stereocenters. The van der Waals surface area contributed by atoms with Gasteiger partial charge in [0, 0.05) is 38.1 Å². The number of nitrogens with zero attached hydrogens (tertiary/aromatic N) is 2. The molecule has 1 rings (SSSR count). The van der Waals surface area contributed by atoms with E-state index in [4.69, 9.17) is 0 Å². The number of nitrogens with one attached hydrogen (secondary N) is 2. The molecule has 0 fully saturated rings. The average molecular weight is 302 g/mol. The lowest BCUT2D eigenvalue weighted by Gasteiger charge is -2.17. The Balaban J connectivity index is 2.82. The van der Waals surface area contributed by atoms with E-state index in [9.17, 15) is 8.42 Å². The van der Waals surface area contributed by atoms with Crippen molar-refractivity contribution in [2.24, 2.45) is 7.05 Å². The zero-order valence-corrected chi connectivity index (χ0v) is 13.8. The van der Waals surface area contributed by atoms with Crippen molar-refractivity contribution in [2.45, 2.75) is 31.3 Å². The number of aryl methyl sites for hydroxylation is 1. The van der Waals surface area contributed by atoms with E-state index in [0.717, 1.165) is 12.2 Å². The molecule has 0 bridgehead atoms. The normalized spacial score (nSPS) is 13.9. The Bertz CT molecular complexity index is 522. The number of aromatic nitrogens is 1. The Labute approximate surface area is 122 Å². The van der Waals surface area contributed by atoms with Crippen LogP contribution in [0.4, 0.5) is 0 Å². The first-order valence-electron chi connectivity index (χ1n) is 6.79. The Hall–Kier alpha value is -0.890. The Morgan fingerprint density at radius 1 is 1.40 bits per heavy atom. The summed E-state index contributed by atoms with van der Waals surface area (Å²) >= 11 is 0. The number of hydrogen-bond acceptors (Lipinski definition) is 4. The summed E-state index contributed by atoms with van der Waals surface area (Å²) in [6, 6.07) is 1.58. The second-order valence-corrected chi connectivity index (χ2v) is 7.06. The van der Waals surface area contributed by atoms with Gasteiger partial charge in [-0.05, 0) is 33.6 Å². The zero-order valence-electron chi connectivity index (χ0n) is 13.0. The average Bonchev–Trinajstić information content (AvgIpc) is 2.67. The molecule has 1 heterocycles. The van der Waals surface area contributed by atoms with Gasteiger partial charge in [-0.25, -0.2) is 13.1 Å². The molecule has 1 atom stereocenters. The second-order valence-electron chi connectivity index (χ2n) is 5.34. The van der Waals surface area contributed by atoms with Gasteiger partial charge in [0.2, 0.25) is 10.0 Å². The smallest absolute Gasteiger partial charge is 0.242 e. The summed E-state index contributed by atoms with van der Waals surface area (Å²) in [4.78, 5) is 2.27. The molecular weight excluding hydrogens is 276 g/mol. The summed E-state index contributed by atoms with van der Waals surface area (Å²) in [6.07, 6.45) is 1.65. The highest BCUT2D eigenvalue weighted by molar-refractivity contribution is 7.89. The Morgan fingerprint density at radius 3 is 2.60 bits per heavy atom. The van der Waals surface area contributed by atoms with Crippen LogP contribution in [0.2, 0.25) is 0 Å². The van der Waals surface area contributed by atoms with Gasteiger partial charge in [-0.3, -0.25) is 0 Å². The van der Waals surface area contributed by atoms with Crippen molar-refractivity contribution in [1.29, 1.82) is 0 Å². The molecule has 2 N–H and O–H groups in total. The van der Waals surface area contributed by atoms with Gasteiger partial charge in [0.15, 0.2) is 0 Å². The molecule has 0 amide bonds. The van der Waals surface area contributed by atoms with Crippen molar-refractivity contribution < 1.29 is 8.42 Å². The molecule has 6 nitrogen and oxygen atoms in total. The summed E-state index contributed by atoms with van der Waals surface area (Å²) in [5.41, 5.74) is 0.951. The topological polar surface area (TPSA) is 66.4 Å². The largest absolute Gasteiger partial charge is 0.352 e. The minimum absolute atomic E-state index is 0.132. The molecule has 0 saturated carbocycles. The first-order valence-corrected chi connectivity index (χ1v) is 8.27. The Kier molecular flexibility index (Phi) is 6.19. The van der Waals surface area contributed by atoms with Crippen LogP contribution in [0.25, 0.3) is 0 Å². The first kappa shape index (κ1) is 17.2. The van der Waals surface area contributed by atoms with Crippen molar-refractivity contribution in [2.75, 3.05) is 27.2 Å². The van der Waals surface area contributed by atoms with E-state index in [1.54, 1.807) is 12.3 Å². The lowest BCUT2D eigenvalue weighted by atomic mass is 10.3. The van der Waals surface area contributed by atoms with E-state index in [0.29, 0.717) is 18.0 Å². The van der Waals surface area contributed by atoms with Crippen molar-refractivity contribution in [3.05, 3.63) is 18.0 Å². The number of sulfonamides is 1. The molecule has 20 heavy (non-hydrogen) atoms. The predicted molar refractivity (Wildman–Crippen MR) is 81.1 cm³/mol. The van der Waals surface area contributed by atoms with Crippen LogP contribution in [0.1, 0.15) is 19.5 Å². The molecule has 7 heteroatoms. The molecule has 0 radical (unpaired) electrons. The van der Waals surface area contributed by atoms with Crippen LogP contribution in [-0.4, -0.2) is 51.1 Å². The molecular formula is C13H26N4O2S. The van der Waals surface area contributed by atoms with Gasteiger partial charge in [-0.1, -0.05) is 6.92 Å². The second kappa shape index (κ2) is 7.21. The van der Waals surface area contributed by atoms with E-state index in [2.05, 4.69) is 10.0 Å². The van der Waals surface area contributed by atoms with Crippen molar-refractivity contribution in [3.63, 3.8) is 0 Å². The van der Waals surface area contributed by atoms with Crippen LogP contribution in [0.5, 0.6) is 0 Å². The summed E-state index contributed by atoms with van der Waals surface area (Å²) in [5, 5.41) is 3.19. The lowest BCUT2D eigenvalue weighted by Crippen LogP contribution is -2.39. The van der Waals surface area contributed by atoms with Crippen LogP contribution in [0.15, 0.2) is 17.2 Å². The van der Waals surface area contributed by atoms with Gasteiger partial charge in [0.25, 0.3) is 0 Å². The van der Waals surface area contributed by atoms with E-state index in [-0.39, 0.29) is 6.04 Å². The van der Waals surface area contributed by atoms with Gasteiger partial charge in [-0.2, -0.15) is 0 Å². The SMILES string of the molecule is CCNCc1cc(S(=O)(=O)NC(C)CN(C)C)cn1C. The van der Waals surface area contributed by atoms with Gasteiger partial charge < -0.3 is 14.8 Å². The third kappa shape index (κ3) is 4.90. The molecule has 0 aromatic carbocycles. The maximum Gasteiger partial charge on any atom is 0.242 e. The standard InChI is InChI=1S/C13H26N4O2S/c1-6-14-8-12-7-13(10-17(12)5)20(18,19)15-11(2)9-16(3)4/h7,10-11,14-15H,6,8-9H2,1-5H3. The number of hydrogen-bond donors (Lipinski definition) is 2. The van der Waals surface area contributed by atoms with Crippen LogP contribution < -0.4 is 10.0 Å². The summed E-state index contributed by atoms with van der Waals surface area (Å²) in [6.45, 7) is 6.06. The van der Waals surface area contributed by atoms with Gasteiger partial charge in [0.05, 0.1) is 4.90 Å². The van der Waals surface area contributed by atoms with Crippen LogP contribution >= 0.6 is 0 Å². The van der Waals surface area contributed by atoms with E-state index in [1.807, 2.05) is 44.5 Å². The highest BCUT2D eigenvalue weighted by atomic mass is 32.2. The molecule has 116 valence electrons. The van der Waals surface area contributed by atoms with Crippen LogP contribution in [0.3, 0.4) is 0 Å². The fraction of sp³-hybridized carbons (Fsp3) is 0.692.